The van der Waals surface area contributed by atoms with Crippen molar-refractivity contribution in [3.63, 3.8) is 0 Å². The second-order valence-corrected chi connectivity index (χ2v) is 10.1. The normalized spacial score (nSPS) is 15.9. The van der Waals surface area contributed by atoms with Crippen molar-refractivity contribution in [2.45, 2.75) is 32.8 Å². The molecule has 35 heavy (non-hydrogen) atoms. The molecule has 1 saturated carbocycles. The molecule has 1 aliphatic carbocycles. The number of para-hydroxylation sites is 1. The number of hydrogen-bond donors (Lipinski definition) is 0. The van der Waals surface area contributed by atoms with Crippen molar-refractivity contribution in [3.05, 3.63) is 86.8 Å². The van der Waals surface area contributed by atoms with Crippen molar-refractivity contribution in [2.75, 3.05) is 6.16 Å². The Kier molecular flexibility index (Phi) is 6.79. The first kappa shape index (κ1) is 24.3. The van der Waals surface area contributed by atoms with Gasteiger partial charge in [0, 0.05) is 12.1 Å². The molecule has 1 heterocycles. The van der Waals surface area contributed by atoms with Crippen molar-refractivity contribution in [1.29, 1.82) is 0 Å². The van der Waals surface area contributed by atoms with E-state index in [1.807, 2.05) is 0 Å². The van der Waals surface area contributed by atoms with E-state index in [1.54, 1.807) is 30.3 Å². The molecule has 0 amide bonds. The Morgan fingerprint density at radius 1 is 1.06 bits per heavy atom. The molecule has 0 N–H and O–H groups in total. The predicted molar refractivity (Wildman–Crippen MR) is 121 cm³/mol. The second-order valence-electron chi connectivity index (χ2n) is 8.16. The van der Waals surface area contributed by atoms with Gasteiger partial charge in [-0.3, -0.25) is 14.9 Å². The molecule has 0 saturated heterocycles. The Labute approximate surface area is 199 Å². The molecule has 1 atom stereocenters. The first-order valence-corrected chi connectivity index (χ1v) is 12.5. The van der Waals surface area contributed by atoms with E-state index in [0.717, 1.165) is 0 Å². The molecular weight excluding hydrogens is 481 g/mol. The summed E-state index contributed by atoms with van der Waals surface area (Å²) in [6, 6.07) is 13.4. The molecule has 12 heteroatoms. The SMILES string of the molecule is Cc1oc(=O)oc1COC(=O)C1(CP(=O)(Oc2ccccc2)Oc2ccc([N+](=O)[O-])cc2)CCC1. The molecule has 0 radical (unpaired) electrons. The highest BCUT2D eigenvalue weighted by molar-refractivity contribution is 7.54. The molecule has 1 aliphatic rings. The van der Waals surface area contributed by atoms with Crippen LogP contribution in [0.25, 0.3) is 0 Å². The van der Waals surface area contributed by atoms with E-state index in [-0.39, 0.29) is 41.5 Å². The Morgan fingerprint density at radius 3 is 2.20 bits per heavy atom. The van der Waals surface area contributed by atoms with Crippen LogP contribution in [0.4, 0.5) is 5.69 Å². The fourth-order valence-electron chi connectivity index (χ4n) is 3.71. The van der Waals surface area contributed by atoms with Gasteiger partial charge in [-0.25, -0.2) is 9.36 Å². The summed E-state index contributed by atoms with van der Waals surface area (Å²) in [5.74, 6) is -0.876. The molecule has 0 spiro atoms. The standard InChI is InChI=1S/C23H22NO10P/c1-16-20(32-22(26)31-16)14-30-21(25)23(12-5-13-23)15-35(29,33-18-6-3-2-4-7-18)34-19-10-8-17(9-11-19)24(27)28/h2-4,6-11H,5,12-15H2,1H3. The molecule has 4 rings (SSSR count). The van der Waals surface area contributed by atoms with Crippen molar-refractivity contribution >= 4 is 19.3 Å². The Balaban J connectivity index is 1.56. The largest absolute Gasteiger partial charge is 0.519 e. The van der Waals surface area contributed by atoms with E-state index in [0.29, 0.717) is 19.3 Å². The van der Waals surface area contributed by atoms with Crippen molar-refractivity contribution < 1.29 is 36.9 Å². The molecule has 3 aromatic rings. The average molecular weight is 503 g/mol. The lowest BCUT2D eigenvalue weighted by atomic mass is 9.70. The molecule has 1 aromatic heterocycles. The number of carbonyl (C=O) groups is 1. The number of carbonyl (C=O) groups excluding carboxylic acids is 1. The van der Waals surface area contributed by atoms with Crippen LogP contribution in [0.3, 0.4) is 0 Å². The fraction of sp³-hybridized carbons (Fsp3) is 0.304. The van der Waals surface area contributed by atoms with Gasteiger partial charge in [0.2, 0.25) is 0 Å². The Hall–Kier alpha value is -3.85. The van der Waals surface area contributed by atoms with E-state index in [9.17, 15) is 24.3 Å². The summed E-state index contributed by atoms with van der Waals surface area (Å²) >= 11 is 0. The van der Waals surface area contributed by atoms with Crippen LogP contribution in [0.5, 0.6) is 11.5 Å². The third-order valence-electron chi connectivity index (χ3n) is 5.69. The molecule has 1 fully saturated rings. The smallest absolute Gasteiger partial charge is 0.457 e. The highest BCUT2D eigenvalue weighted by atomic mass is 31.2. The maximum Gasteiger partial charge on any atom is 0.519 e. The number of nitro benzene ring substituents is 1. The van der Waals surface area contributed by atoms with Gasteiger partial charge in [-0.1, -0.05) is 24.6 Å². The molecule has 2 aromatic carbocycles. The maximum atomic E-state index is 14.0. The van der Waals surface area contributed by atoms with Gasteiger partial charge >= 0.3 is 19.4 Å². The quantitative estimate of drug-likeness (QED) is 0.160. The second kappa shape index (κ2) is 9.79. The van der Waals surface area contributed by atoms with E-state index >= 15 is 0 Å². The summed E-state index contributed by atoms with van der Waals surface area (Å²) in [5, 5.41) is 10.9. The minimum absolute atomic E-state index is 0.0867. The fourth-order valence-corrected chi connectivity index (χ4v) is 5.94. The molecule has 0 bridgehead atoms. The predicted octanol–water partition coefficient (Wildman–Crippen LogP) is 5.01. The molecule has 0 aliphatic heterocycles. The van der Waals surface area contributed by atoms with Crippen molar-refractivity contribution in [1.82, 2.24) is 0 Å². The van der Waals surface area contributed by atoms with E-state index in [4.69, 9.17) is 22.6 Å². The van der Waals surface area contributed by atoms with E-state index < -0.39 is 29.7 Å². The zero-order valence-corrected chi connectivity index (χ0v) is 19.6. The highest BCUT2D eigenvalue weighted by Gasteiger charge is 2.52. The number of hydrogen-bond acceptors (Lipinski definition) is 10. The lowest BCUT2D eigenvalue weighted by Gasteiger charge is -2.40. The van der Waals surface area contributed by atoms with Crippen LogP contribution in [0.15, 0.2) is 68.2 Å². The number of benzene rings is 2. The zero-order valence-electron chi connectivity index (χ0n) is 18.7. The number of ether oxygens (including phenoxy) is 1. The van der Waals surface area contributed by atoms with E-state index in [1.165, 1.54) is 31.2 Å². The minimum atomic E-state index is -4.01. The van der Waals surface area contributed by atoms with Crippen LogP contribution in [-0.2, 0) is 20.7 Å². The summed E-state index contributed by atoms with van der Waals surface area (Å²) in [6.07, 6.45) is 1.22. The van der Waals surface area contributed by atoms with Gasteiger partial charge < -0.3 is 22.6 Å². The summed E-state index contributed by atoms with van der Waals surface area (Å²) < 4.78 is 40.5. The minimum Gasteiger partial charge on any atom is -0.457 e. The number of nitro groups is 1. The maximum absolute atomic E-state index is 14.0. The first-order valence-electron chi connectivity index (χ1n) is 10.7. The lowest BCUT2D eigenvalue weighted by Crippen LogP contribution is -2.43. The van der Waals surface area contributed by atoms with Crippen LogP contribution in [0.2, 0.25) is 0 Å². The third kappa shape index (κ3) is 5.63. The third-order valence-corrected chi connectivity index (χ3v) is 7.66. The summed E-state index contributed by atoms with van der Waals surface area (Å²) in [7, 11) is -4.01. The zero-order chi connectivity index (χ0) is 25.1. The van der Waals surface area contributed by atoms with Gasteiger partial charge in [-0.05, 0) is 44.0 Å². The van der Waals surface area contributed by atoms with Gasteiger partial charge in [0.15, 0.2) is 18.1 Å². The van der Waals surface area contributed by atoms with Gasteiger partial charge in [0.1, 0.15) is 11.5 Å². The van der Waals surface area contributed by atoms with Crippen LogP contribution < -0.4 is 14.9 Å². The van der Waals surface area contributed by atoms with Crippen LogP contribution in [0.1, 0.15) is 30.8 Å². The lowest BCUT2D eigenvalue weighted by molar-refractivity contribution is -0.384. The average Bonchev–Trinajstić information content (AvgIpc) is 3.12. The topological polar surface area (TPSA) is 148 Å². The monoisotopic (exact) mass is 503 g/mol. The van der Waals surface area contributed by atoms with Crippen LogP contribution in [0, 0.1) is 22.5 Å². The molecular formula is C23H22NO10P. The van der Waals surface area contributed by atoms with Crippen molar-refractivity contribution in [3.8, 4) is 11.5 Å². The Bertz CT molecular complexity index is 1310. The number of non-ortho nitro benzene ring substituents is 1. The number of rotatable bonds is 10. The molecule has 184 valence electrons. The van der Waals surface area contributed by atoms with E-state index in [2.05, 4.69) is 0 Å². The van der Waals surface area contributed by atoms with Gasteiger partial charge in [0.05, 0.1) is 16.5 Å². The number of aryl methyl sites for hydroxylation is 1. The first-order chi connectivity index (χ1) is 16.7. The van der Waals surface area contributed by atoms with Gasteiger partial charge in [-0.15, -0.1) is 0 Å². The number of nitrogens with zero attached hydrogens (tertiary/aromatic N) is 1. The van der Waals surface area contributed by atoms with Crippen LogP contribution in [-0.4, -0.2) is 17.1 Å². The summed E-state index contributed by atoms with van der Waals surface area (Å²) in [5.41, 5.74) is -1.29. The Morgan fingerprint density at radius 2 is 1.69 bits per heavy atom. The summed E-state index contributed by atoms with van der Waals surface area (Å²) in [6.45, 7) is 1.19. The summed E-state index contributed by atoms with van der Waals surface area (Å²) in [4.78, 5) is 34.7. The van der Waals surface area contributed by atoms with Crippen molar-refractivity contribution in [2.24, 2.45) is 5.41 Å². The number of esters is 1. The molecule has 1 unspecified atom stereocenters. The van der Waals surface area contributed by atoms with Crippen LogP contribution >= 0.6 is 7.60 Å². The van der Waals surface area contributed by atoms with Gasteiger partial charge in [-0.2, -0.15) is 0 Å². The molecule has 11 nitrogen and oxygen atoms in total. The highest BCUT2D eigenvalue weighted by Crippen LogP contribution is 2.58. The van der Waals surface area contributed by atoms with Gasteiger partial charge in [0.25, 0.3) is 5.69 Å².